The number of carboxylic acid groups (broad SMARTS) is 1. The Balaban J connectivity index is 2.52. The van der Waals surface area contributed by atoms with E-state index in [4.69, 9.17) is 5.11 Å². The summed E-state index contributed by atoms with van der Waals surface area (Å²) >= 11 is 1.03. The van der Waals surface area contributed by atoms with Crippen molar-refractivity contribution >= 4 is 23.4 Å². The molecule has 0 amide bonds. The van der Waals surface area contributed by atoms with Crippen molar-refractivity contribution in [3.63, 3.8) is 0 Å². The second-order valence-corrected chi connectivity index (χ2v) is 4.89. The topological polar surface area (TPSA) is 124 Å². The lowest BCUT2D eigenvalue weighted by Gasteiger charge is -2.06. The molecule has 0 aliphatic rings. The Hall–Kier alpha value is -2.49. The van der Waals surface area contributed by atoms with Crippen molar-refractivity contribution < 1.29 is 14.8 Å². The Morgan fingerprint density at radius 1 is 1.50 bits per heavy atom. The third-order valence-corrected chi connectivity index (χ3v) is 3.59. The average molecular weight is 295 g/mol. The second-order valence-electron chi connectivity index (χ2n) is 3.88. The molecule has 0 bridgehead atoms. The highest BCUT2D eigenvalue weighted by Gasteiger charge is 2.21. The minimum Gasteiger partial charge on any atom is -0.478 e. The van der Waals surface area contributed by atoms with Gasteiger partial charge in [0.25, 0.3) is 5.69 Å². The minimum atomic E-state index is -1.24. The van der Waals surface area contributed by atoms with Crippen LogP contribution in [0.3, 0.4) is 0 Å². The Morgan fingerprint density at radius 3 is 2.70 bits per heavy atom. The van der Waals surface area contributed by atoms with E-state index in [-0.39, 0.29) is 11.3 Å². The molecule has 9 nitrogen and oxygen atoms in total. The summed E-state index contributed by atoms with van der Waals surface area (Å²) < 4.78 is 1.38. The molecule has 0 unspecified atom stereocenters. The Labute approximate surface area is 116 Å². The fraction of sp³-hybridized carbons (Fsp3) is 0.200. The Bertz CT molecular complexity index is 699. The third-order valence-electron chi connectivity index (χ3n) is 2.51. The molecule has 0 spiro atoms. The van der Waals surface area contributed by atoms with Crippen molar-refractivity contribution in [3.8, 4) is 0 Å². The van der Waals surface area contributed by atoms with E-state index < -0.39 is 10.9 Å². The molecule has 10 heteroatoms. The number of nitro benzene ring substituents is 1. The van der Waals surface area contributed by atoms with Crippen LogP contribution in [0.2, 0.25) is 0 Å². The zero-order valence-corrected chi connectivity index (χ0v) is 11.3. The molecule has 1 N–H and O–H groups in total. The summed E-state index contributed by atoms with van der Waals surface area (Å²) in [6.07, 6.45) is 0. The highest BCUT2D eigenvalue weighted by Crippen LogP contribution is 2.33. The first-order valence-corrected chi connectivity index (χ1v) is 6.14. The maximum Gasteiger partial charge on any atom is 0.337 e. The summed E-state index contributed by atoms with van der Waals surface area (Å²) in [5.41, 5.74) is -0.0178. The molecule has 0 radical (unpaired) electrons. The van der Waals surface area contributed by atoms with Crippen LogP contribution in [0.4, 0.5) is 5.69 Å². The number of benzene rings is 1. The van der Waals surface area contributed by atoms with Crippen LogP contribution in [0.15, 0.2) is 22.2 Å². The van der Waals surface area contributed by atoms with Crippen molar-refractivity contribution in [1.29, 1.82) is 0 Å². The van der Waals surface area contributed by atoms with Gasteiger partial charge in [-0.2, -0.15) is 0 Å². The van der Waals surface area contributed by atoms with Gasteiger partial charge < -0.3 is 5.11 Å². The van der Waals surface area contributed by atoms with E-state index in [0.717, 1.165) is 17.8 Å². The number of aromatic nitrogens is 4. The lowest BCUT2D eigenvalue weighted by molar-refractivity contribution is -0.385. The molecule has 104 valence electrons. The zero-order chi connectivity index (χ0) is 14.9. The second kappa shape index (κ2) is 5.25. The molecule has 1 aromatic carbocycles. The average Bonchev–Trinajstić information content (AvgIpc) is 2.74. The highest BCUT2D eigenvalue weighted by atomic mass is 32.2. The molecule has 2 aromatic rings. The summed E-state index contributed by atoms with van der Waals surface area (Å²) in [6, 6.07) is 2.49. The van der Waals surface area contributed by atoms with Gasteiger partial charge in [0, 0.05) is 23.6 Å². The molecule has 1 aromatic heterocycles. The number of hydrogen-bond donors (Lipinski definition) is 1. The molecule has 0 fully saturated rings. The van der Waals surface area contributed by atoms with Crippen LogP contribution in [0.25, 0.3) is 0 Å². The lowest BCUT2D eigenvalue weighted by Crippen LogP contribution is -2.03. The van der Waals surface area contributed by atoms with Crippen LogP contribution in [0.5, 0.6) is 0 Å². The van der Waals surface area contributed by atoms with Crippen molar-refractivity contribution in [2.45, 2.75) is 17.0 Å². The number of carbonyl (C=O) groups is 1. The van der Waals surface area contributed by atoms with E-state index in [1.54, 1.807) is 14.0 Å². The largest absolute Gasteiger partial charge is 0.478 e. The summed E-state index contributed by atoms with van der Waals surface area (Å²) in [4.78, 5) is 21.8. The molecule has 1 heterocycles. The van der Waals surface area contributed by atoms with Crippen molar-refractivity contribution in [3.05, 3.63) is 33.4 Å². The monoisotopic (exact) mass is 295 g/mol. The summed E-state index contributed by atoms with van der Waals surface area (Å²) in [7, 11) is 1.61. The number of nitro groups is 1. The summed E-state index contributed by atoms with van der Waals surface area (Å²) in [5, 5.41) is 31.2. The molecule has 20 heavy (non-hydrogen) atoms. The van der Waals surface area contributed by atoms with Crippen LogP contribution in [-0.4, -0.2) is 36.2 Å². The molecule has 0 aliphatic carbocycles. The molecular formula is C10H9N5O4S. The van der Waals surface area contributed by atoms with Gasteiger partial charge >= 0.3 is 5.97 Å². The summed E-state index contributed by atoms with van der Waals surface area (Å²) in [5.74, 6) is -1.24. The van der Waals surface area contributed by atoms with Gasteiger partial charge in [0.1, 0.15) is 0 Å². The Morgan fingerprint density at radius 2 is 2.20 bits per heavy atom. The van der Waals surface area contributed by atoms with Gasteiger partial charge in [0.2, 0.25) is 5.16 Å². The minimum absolute atomic E-state index is 0.157. The van der Waals surface area contributed by atoms with Crippen LogP contribution in [-0.2, 0) is 7.05 Å². The number of hydrogen-bond acceptors (Lipinski definition) is 7. The molecular weight excluding hydrogens is 286 g/mol. The predicted octanol–water partition coefficient (Wildman–Crippen LogP) is 1.28. The van der Waals surface area contributed by atoms with Gasteiger partial charge in [-0.1, -0.05) is 0 Å². The van der Waals surface area contributed by atoms with Crippen LogP contribution in [0, 0.1) is 17.0 Å². The molecule has 0 saturated carbocycles. The number of aromatic carboxylic acids is 1. The fourth-order valence-corrected chi connectivity index (χ4v) is 2.46. The quantitative estimate of drug-likeness (QED) is 0.660. The van der Waals surface area contributed by atoms with Gasteiger partial charge in [0.05, 0.1) is 10.5 Å². The van der Waals surface area contributed by atoms with Gasteiger partial charge in [-0.15, -0.1) is 5.10 Å². The van der Waals surface area contributed by atoms with Crippen LogP contribution in [0.1, 0.15) is 15.9 Å². The smallest absolute Gasteiger partial charge is 0.337 e. The number of tetrazole rings is 1. The van der Waals surface area contributed by atoms with Gasteiger partial charge in [-0.3, -0.25) is 10.1 Å². The molecule has 0 saturated heterocycles. The molecule has 0 aliphatic heterocycles. The number of aryl methyl sites for hydroxylation is 2. The standard InChI is InChI=1S/C10H9N5O4S/c1-5-3-8(20-10-11-12-13-14(10)2)6(9(16)17)4-7(5)15(18)19/h3-4H,1-2H3,(H,16,17). The maximum absolute atomic E-state index is 11.2. The SMILES string of the molecule is Cc1cc(Sc2nnnn2C)c(C(=O)O)cc1[N+](=O)[O-]. The van der Waals surface area contributed by atoms with Crippen molar-refractivity contribution in [2.75, 3.05) is 0 Å². The zero-order valence-electron chi connectivity index (χ0n) is 10.5. The van der Waals surface area contributed by atoms with Gasteiger partial charge in [-0.05, 0) is 35.2 Å². The Kier molecular flexibility index (Phi) is 3.66. The van der Waals surface area contributed by atoms with E-state index in [9.17, 15) is 14.9 Å². The van der Waals surface area contributed by atoms with Crippen LogP contribution >= 0.6 is 11.8 Å². The highest BCUT2D eigenvalue weighted by molar-refractivity contribution is 7.99. The van der Waals surface area contributed by atoms with Crippen LogP contribution < -0.4 is 0 Å². The maximum atomic E-state index is 11.2. The normalized spacial score (nSPS) is 10.5. The predicted molar refractivity (Wildman–Crippen MR) is 67.7 cm³/mol. The number of carboxylic acids is 1. The first kappa shape index (κ1) is 13.9. The van der Waals surface area contributed by atoms with Crippen molar-refractivity contribution in [2.24, 2.45) is 7.05 Å². The summed E-state index contributed by atoms with van der Waals surface area (Å²) in [6.45, 7) is 1.54. The fourth-order valence-electron chi connectivity index (χ4n) is 1.52. The first-order valence-electron chi connectivity index (χ1n) is 5.32. The van der Waals surface area contributed by atoms with Gasteiger partial charge in [0.15, 0.2) is 0 Å². The number of rotatable bonds is 4. The van der Waals surface area contributed by atoms with E-state index in [2.05, 4.69) is 15.5 Å². The van der Waals surface area contributed by atoms with E-state index >= 15 is 0 Å². The first-order chi connectivity index (χ1) is 9.40. The van der Waals surface area contributed by atoms with E-state index in [1.165, 1.54) is 10.7 Å². The molecule has 0 atom stereocenters. The van der Waals surface area contributed by atoms with E-state index in [0.29, 0.717) is 15.6 Å². The third kappa shape index (κ3) is 2.59. The van der Waals surface area contributed by atoms with Gasteiger partial charge in [-0.25, -0.2) is 9.48 Å². The van der Waals surface area contributed by atoms with E-state index in [1.807, 2.05) is 0 Å². The number of nitrogens with zero attached hydrogens (tertiary/aromatic N) is 5. The lowest BCUT2D eigenvalue weighted by atomic mass is 10.1. The molecule has 2 rings (SSSR count). The van der Waals surface area contributed by atoms with Crippen molar-refractivity contribution in [1.82, 2.24) is 20.2 Å².